The third-order valence-corrected chi connectivity index (χ3v) is 7.13. The first-order valence-electron chi connectivity index (χ1n) is 14.7. The molecule has 0 spiro atoms. The lowest BCUT2D eigenvalue weighted by molar-refractivity contribution is 1.27. The van der Waals surface area contributed by atoms with E-state index < -0.39 is 0 Å². The van der Waals surface area contributed by atoms with E-state index in [0.29, 0.717) is 0 Å². The van der Waals surface area contributed by atoms with Crippen molar-refractivity contribution in [3.05, 3.63) is 150 Å². The molecule has 0 amide bonds. The minimum Gasteiger partial charge on any atom is -0.399 e. The van der Waals surface area contributed by atoms with Gasteiger partial charge in [0.15, 0.2) is 0 Å². The molecule has 8 heteroatoms. The fourth-order valence-corrected chi connectivity index (χ4v) is 4.70. The average Bonchev–Trinajstić information content (AvgIpc) is 3.39. The van der Waals surface area contributed by atoms with Gasteiger partial charge in [0.2, 0.25) is 0 Å². The molecular formula is C38H44N8. The Balaban J connectivity index is 0.000000175. The van der Waals surface area contributed by atoms with Crippen molar-refractivity contribution in [2.75, 3.05) is 45.5 Å². The van der Waals surface area contributed by atoms with Crippen LogP contribution in [0.25, 0.3) is 11.1 Å². The van der Waals surface area contributed by atoms with E-state index in [1.165, 1.54) is 22.3 Å². The molecule has 6 aromatic rings. The molecule has 0 saturated heterocycles. The Labute approximate surface area is 272 Å². The van der Waals surface area contributed by atoms with Crippen LogP contribution in [0.5, 0.6) is 0 Å². The maximum Gasteiger partial charge on any atom is 0.0385 e. The summed E-state index contributed by atoms with van der Waals surface area (Å²) < 4.78 is 0. The van der Waals surface area contributed by atoms with E-state index in [1.54, 1.807) is 30.3 Å². The largest absolute Gasteiger partial charge is 0.399 e. The summed E-state index contributed by atoms with van der Waals surface area (Å²) in [5.74, 6) is 0. The van der Waals surface area contributed by atoms with Gasteiger partial charge in [-0.1, -0.05) is 30.3 Å². The molecule has 1 aliphatic rings. The zero-order chi connectivity index (χ0) is 33.1. The van der Waals surface area contributed by atoms with Crippen molar-refractivity contribution in [3.63, 3.8) is 0 Å². The van der Waals surface area contributed by atoms with Crippen molar-refractivity contribution in [3.8, 4) is 11.1 Å². The molecule has 0 fully saturated rings. The third-order valence-electron chi connectivity index (χ3n) is 7.13. The standard InChI is InChI=1S/C13H12N2.C12H12N2.C7H10N2.C6H8N2.H2/c14-10-1-3-12-8(6-10)5-9-7-11(15)2-4-13(9)12;13-10-6-8-12(9-7-10)14-11-4-2-1-3-5-11;1-5-4-6(8)2-3-7(5)9;7-5-1-2-6(8)4-3-5;/h1-4,6-7H,5,14-15H2;1-9,14H,13H2;2-4H,8-9H2,1H3;1-4H,7-8H2;1H. The fourth-order valence-electron chi connectivity index (χ4n) is 4.70. The number of hydrogen-bond donors (Lipinski definition) is 8. The lowest BCUT2D eigenvalue weighted by Crippen LogP contribution is -1.91. The topological polar surface area (TPSA) is 194 Å². The van der Waals surface area contributed by atoms with Gasteiger partial charge in [0.25, 0.3) is 0 Å². The summed E-state index contributed by atoms with van der Waals surface area (Å²) in [6.45, 7) is 1.94. The van der Waals surface area contributed by atoms with Crippen molar-refractivity contribution in [2.45, 2.75) is 13.3 Å². The van der Waals surface area contributed by atoms with Gasteiger partial charge in [-0.2, -0.15) is 0 Å². The molecule has 6 aromatic carbocycles. The highest BCUT2D eigenvalue weighted by Crippen LogP contribution is 2.38. The molecule has 0 atom stereocenters. The van der Waals surface area contributed by atoms with Gasteiger partial charge in [-0.15, -0.1) is 0 Å². The van der Waals surface area contributed by atoms with Gasteiger partial charge in [-0.25, -0.2) is 0 Å². The summed E-state index contributed by atoms with van der Waals surface area (Å²) in [6, 6.07) is 42.4. The molecule has 0 heterocycles. The summed E-state index contributed by atoms with van der Waals surface area (Å²) in [4.78, 5) is 0. The fraction of sp³-hybridized carbons (Fsp3) is 0.0526. The Kier molecular flexibility index (Phi) is 11.0. The molecule has 7 rings (SSSR count). The van der Waals surface area contributed by atoms with Crippen molar-refractivity contribution >= 4 is 51.2 Å². The minimum atomic E-state index is 0. The molecule has 15 N–H and O–H groups in total. The number of anilines is 9. The van der Waals surface area contributed by atoms with Gasteiger partial charge < -0.3 is 45.5 Å². The van der Waals surface area contributed by atoms with Gasteiger partial charge in [-0.3, -0.25) is 0 Å². The number of nitrogens with two attached hydrogens (primary N) is 7. The second-order valence-corrected chi connectivity index (χ2v) is 10.9. The molecule has 1 aliphatic carbocycles. The number of para-hydroxylation sites is 1. The summed E-state index contributed by atoms with van der Waals surface area (Å²) in [5, 5.41) is 3.28. The number of nitrogens with one attached hydrogen (secondary N) is 1. The zero-order valence-corrected chi connectivity index (χ0v) is 26.0. The van der Waals surface area contributed by atoms with E-state index >= 15 is 0 Å². The van der Waals surface area contributed by atoms with Gasteiger partial charge in [-0.05, 0) is 144 Å². The van der Waals surface area contributed by atoms with Gasteiger partial charge >= 0.3 is 0 Å². The van der Waals surface area contributed by atoms with Gasteiger partial charge in [0.1, 0.15) is 0 Å². The van der Waals surface area contributed by atoms with Crippen LogP contribution in [-0.2, 0) is 6.42 Å². The Morgan fingerprint density at radius 2 is 0.826 bits per heavy atom. The SMILES string of the molecule is Cc1cc(N)ccc1N.Nc1ccc(N)cc1.Nc1ccc(Nc2ccccc2)cc1.Nc1ccc2c(c1)Cc1cc(N)ccc1-2.[HH]. The summed E-state index contributed by atoms with van der Waals surface area (Å²) in [7, 11) is 0. The Hall–Kier alpha value is -6.28. The summed E-state index contributed by atoms with van der Waals surface area (Å²) in [6.07, 6.45) is 0.945. The predicted octanol–water partition coefficient (Wildman–Crippen LogP) is 7.69. The lowest BCUT2D eigenvalue weighted by atomic mass is 10.1. The third kappa shape index (κ3) is 9.62. The maximum absolute atomic E-state index is 5.77. The molecule has 0 bridgehead atoms. The van der Waals surface area contributed by atoms with Gasteiger partial charge in [0, 0.05) is 52.6 Å². The molecule has 0 saturated carbocycles. The maximum atomic E-state index is 5.77. The lowest BCUT2D eigenvalue weighted by Gasteiger charge is -2.05. The molecule has 0 aliphatic heterocycles. The summed E-state index contributed by atoms with van der Waals surface area (Å²) in [5.41, 5.74) is 52.7. The van der Waals surface area contributed by atoms with Crippen LogP contribution in [0.1, 0.15) is 18.1 Å². The van der Waals surface area contributed by atoms with Crippen LogP contribution < -0.4 is 45.5 Å². The van der Waals surface area contributed by atoms with Crippen LogP contribution in [0, 0.1) is 6.92 Å². The van der Waals surface area contributed by atoms with E-state index in [9.17, 15) is 0 Å². The number of fused-ring (bicyclic) bond motifs is 3. The first-order chi connectivity index (χ1) is 22.1. The first kappa shape index (κ1) is 32.6. The second kappa shape index (κ2) is 15.4. The Bertz CT molecular complexity index is 1790. The number of nitrogen functional groups attached to an aromatic ring is 7. The molecule has 0 radical (unpaired) electrons. The van der Waals surface area contributed by atoms with Crippen LogP contribution in [0.15, 0.2) is 133 Å². The number of hydrogen-bond acceptors (Lipinski definition) is 8. The number of benzene rings is 6. The highest BCUT2D eigenvalue weighted by Gasteiger charge is 2.18. The zero-order valence-electron chi connectivity index (χ0n) is 26.0. The van der Waals surface area contributed by atoms with Crippen molar-refractivity contribution in [2.24, 2.45) is 0 Å². The highest BCUT2D eigenvalue weighted by molar-refractivity contribution is 5.79. The molecular weight excluding hydrogens is 568 g/mol. The van der Waals surface area contributed by atoms with E-state index in [4.69, 9.17) is 40.1 Å². The number of aryl methyl sites for hydroxylation is 1. The van der Waals surface area contributed by atoms with Crippen molar-refractivity contribution in [1.82, 2.24) is 0 Å². The molecule has 46 heavy (non-hydrogen) atoms. The summed E-state index contributed by atoms with van der Waals surface area (Å²) >= 11 is 0. The van der Waals surface area contributed by atoms with Crippen molar-refractivity contribution < 1.29 is 1.43 Å². The van der Waals surface area contributed by atoms with E-state index in [-0.39, 0.29) is 1.43 Å². The van der Waals surface area contributed by atoms with E-state index in [0.717, 1.165) is 63.2 Å². The van der Waals surface area contributed by atoms with E-state index in [1.807, 2.05) is 97.9 Å². The highest BCUT2D eigenvalue weighted by atomic mass is 14.9. The van der Waals surface area contributed by atoms with Crippen molar-refractivity contribution in [1.29, 1.82) is 0 Å². The van der Waals surface area contributed by atoms with Crippen LogP contribution >= 0.6 is 0 Å². The smallest absolute Gasteiger partial charge is 0.0385 e. The molecule has 0 aromatic heterocycles. The molecule has 8 nitrogen and oxygen atoms in total. The van der Waals surface area contributed by atoms with E-state index in [2.05, 4.69) is 17.4 Å². The predicted molar refractivity (Wildman–Crippen MR) is 201 cm³/mol. The molecule has 236 valence electrons. The first-order valence-corrected chi connectivity index (χ1v) is 14.7. The Morgan fingerprint density at radius 1 is 0.435 bits per heavy atom. The molecule has 0 unspecified atom stereocenters. The monoisotopic (exact) mass is 612 g/mol. The second-order valence-electron chi connectivity index (χ2n) is 10.9. The van der Waals surface area contributed by atoms with Crippen LogP contribution in [0.2, 0.25) is 0 Å². The average molecular weight is 613 g/mol. The Morgan fingerprint density at radius 3 is 1.28 bits per heavy atom. The van der Waals surface area contributed by atoms with Gasteiger partial charge in [0.05, 0.1) is 0 Å². The normalized spacial score (nSPS) is 10.4. The number of rotatable bonds is 2. The van der Waals surface area contributed by atoms with Crippen LogP contribution in [-0.4, -0.2) is 0 Å². The minimum absolute atomic E-state index is 0. The van der Waals surface area contributed by atoms with Crippen LogP contribution in [0.3, 0.4) is 0 Å². The quantitative estimate of drug-likeness (QED) is 0.0909. The van der Waals surface area contributed by atoms with Crippen LogP contribution in [0.4, 0.5) is 51.2 Å².